The number of aromatic nitrogens is 2. The topological polar surface area (TPSA) is 89.4 Å². The Hall–Kier alpha value is -3.80. The standard InChI is InChI=1S/C22H16N2O4/c1-13(28-22(27)14-7-3-2-4-8-14)15-9-5-11-17-19(15)23-18-12-6-10-16(21(25)26)20(18)24-17/h2-13H,1H3,(H,25,26)/t13-/m1/s1. The van der Waals surface area contributed by atoms with Crippen molar-refractivity contribution in [1.82, 2.24) is 9.97 Å². The van der Waals surface area contributed by atoms with Gasteiger partial charge in [-0.15, -0.1) is 0 Å². The largest absolute Gasteiger partial charge is 0.478 e. The molecule has 0 saturated carbocycles. The van der Waals surface area contributed by atoms with Gasteiger partial charge in [-0.2, -0.15) is 0 Å². The molecule has 1 aromatic heterocycles. The van der Waals surface area contributed by atoms with E-state index < -0.39 is 18.0 Å². The number of esters is 1. The molecule has 0 spiro atoms. The van der Waals surface area contributed by atoms with Gasteiger partial charge in [-0.1, -0.05) is 36.4 Å². The van der Waals surface area contributed by atoms with E-state index in [2.05, 4.69) is 9.97 Å². The number of benzene rings is 3. The molecule has 1 atom stereocenters. The second-order valence-corrected chi connectivity index (χ2v) is 6.33. The molecule has 4 aromatic rings. The van der Waals surface area contributed by atoms with Crippen LogP contribution in [0.4, 0.5) is 0 Å². The minimum Gasteiger partial charge on any atom is -0.478 e. The zero-order valence-electron chi connectivity index (χ0n) is 15.0. The third-order valence-electron chi connectivity index (χ3n) is 4.49. The summed E-state index contributed by atoms with van der Waals surface area (Å²) in [6, 6.07) is 19.0. The lowest BCUT2D eigenvalue weighted by Gasteiger charge is -2.15. The lowest BCUT2D eigenvalue weighted by Crippen LogP contribution is -2.10. The summed E-state index contributed by atoms with van der Waals surface area (Å²) < 4.78 is 5.60. The Labute approximate surface area is 160 Å². The SMILES string of the molecule is C[C@@H](OC(=O)c1ccccc1)c1cccc2nc3c(C(=O)O)cccc3nc12. The number of aromatic carboxylic acids is 1. The van der Waals surface area contributed by atoms with Crippen molar-refractivity contribution in [2.24, 2.45) is 0 Å². The molecule has 1 heterocycles. The molecule has 0 saturated heterocycles. The summed E-state index contributed by atoms with van der Waals surface area (Å²) in [6.45, 7) is 1.77. The van der Waals surface area contributed by atoms with E-state index >= 15 is 0 Å². The summed E-state index contributed by atoms with van der Waals surface area (Å²) >= 11 is 0. The second kappa shape index (κ2) is 7.08. The van der Waals surface area contributed by atoms with E-state index in [0.29, 0.717) is 33.2 Å². The molecule has 6 nitrogen and oxygen atoms in total. The Balaban J connectivity index is 1.77. The molecule has 28 heavy (non-hydrogen) atoms. The molecule has 0 aliphatic heterocycles. The van der Waals surface area contributed by atoms with E-state index in [1.165, 1.54) is 6.07 Å². The van der Waals surface area contributed by atoms with Crippen molar-refractivity contribution in [3.05, 3.63) is 83.4 Å². The summed E-state index contributed by atoms with van der Waals surface area (Å²) in [5, 5.41) is 9.38. The average Bonchev–Trinajstić information content (AvgIpc) is 2.71. The molecule has 4 rings (SSSR count). The van der Waals surface area contributed by atoms with Gasteiger partial charge in [0.25, 0.3) is 0 Å². The molecule has 0 aliphatic carbocycles. The quantitative estimate of drug-likeness (QED) is 0.422. The van der Waals surface area contributed by atoms with Crippen molar-refractivity contribution >= 4 is 34.0 Å². The number of ether oxygens (including phenoxy) is 1. The summed E-state index contributed by atoms with van der Waals surface area (Å²) in [4.78, 5) is 32.9. The maximum Gasteiger partial charge on any atom is 0.338 e. The molecule has 0 unspecified atom stereocenters. The number of rotatable bonds is 4. The van der Waals surface area contributed by atoms with Crippen LogP contribution in [0.25, 0.3) is 22.1 Å². The molecule has 0 amide bonds. The molecule has 0 bridgehead atoms. The van der Waals surface area contributed by atoms with Crippen LogP contribution in [0.5, 0.6) is 0 Å². The zero-order chi connectivity index (χ0) is 19.7. The molecule has 6 heteroatoms. The van der Waals surface area contributed by atoms with E-state index in [1.807, 2.05) is 12.1 Å². The fourth-order valence-corrected chi connectivity index (χ4v) is 3.11. The highest BCUT2D eigenvalue weighted by Gasteiger charge is 2.18. The number of fused-ring (bicyclic) bond motifs is 2. The van der Waals surface area contributed by atoms with Crippen molar-refractivity contribution in [2.75, 3.05) is 0 Å². The minimum atomic E-state index is -1.06. The van der Waals surface area contributed by atoms with Crippen LogP contribution in [0.3, 0.4) is 0 Å². The van der Waals surface area contributed by atoms with Crippen LogP contribution >= 0.6 is 0 Å². The summed E-state index contributed by atoms with van der Waals surface area (Å²) in [6.07, 6.45) is -0.550. The van der Waals surface area contributed by atoms with Crippen LogP contribution in [0.2, 0.25) is 0 Å². The monoisotopic (exact) mass is 372 g/mol. The number of carboxylic acid groups (broad SMARTS) is 1. The van der Waals surface area contributed by atoms with Gasteiger partial charge in [0.1, 0.15) is 11.6 Å². The molecule has 3 aromatic carbocycles. The van der Waals surface area contributed by atoms with Crippen molar-refractivity contribution in [3.8, 4) is 0 Å². The Morgan fingerprint density at radius 2 is 1.50 bits per heavy atom. The lowest BCUT2D eigenvalue weighted by molar-refractivity contribution is 0.0340. The first-order valence-corrected chi connectivity index (χ1v) is 8.73. The first-order valence-electron chi connectivity index (χ1n) is 8.73. The van der Waals surface area contributed by atoms with Crippen LogP contribution in [0.1, 0.15) is 39.3 Å². The first-order chi connectivity index (χ1) is 13.5. The van der Waals surface area contributed by atoms with Crippen LogP contribution in [-0.4, -0.2) is 27.0 Å². The zero-order valence-corrected chi connectivity index (χ0v) is 15.0. The van der Waals surface area contributed by atoms with Gasteiger partial charge in [0.15, 0.2) is 0 Å². The van der Waals surface area contributed by atoms with Gasteiger partial charge in [-0.05, 0) is 37.3 Å². The highest BCUT2D eigenvalue weighted by atomic mass is 16.5. The summed E-state index contributed by atoms with van der Waals surface area (Å²) in [7, 11) is 0. The normalized spacial score (nSPS) is 12.0. The summed E-state index contributed by atoms with van der Waals surface area (Å²) in [5.74, 6) is -1.48. The van der Waals surface area contributed by atoms with Crippen molar-refractivity contribution in [1.29, 1.82) is 0 Å². The molecule has 0 aliphatic rings. The van der Waals surface area contributed by atoms with Gasteiger partial charge in [0.2, 0.25) is 0 Å². The van der Waals surface area contributed by atoms with Gasteiger partial charge >= 0.3 is 11.9 Å². The van der Waals surface area contributed by atoms with Crippen LogP contribution < -0.4 is 0 Å². The smallest absolute Gasteiger partial charge is 0.338 e. The van der Waals surface area contributed by atoms with E-state index in [1.54, 1.807) is 55.5 Å². The molecular formula is C22H16N2O4. The predicted molar refractivity (Wildman–Crippen MR) is 104 cm³/mol. The third-order valence-corrected chi connectivity index (χ3v) is 4.49. The first kappa shape index (κ1) is 17.6. The number of hydrogen-bond donors (Lipinski definition) is 1. The number of carboxylic acids is 1. The number of carbonyl (C=O) groups is 2. The van der Waals surface area contributed by atoms with Crippen molar-refractivity contribution in [3.63, 3.8) is 0 Å². The number of hydrogen-bond acceptors (Lipinski definition) is 5. The molecule has 1 N–H and O–H groups in total. The Kier molecular flexibility index (Phi) is 4.45. The molecule has 138 valence electrons. The number of nitrogens with zero attached hydrogens (tertiary/aromatic N) is 2. The van der Waals surface area contributed by atoms with Crippen LogP contribution in [0.15, 0.2) is 66.7 Å². The van der Waals surface area contributed by atoms with Gasteiger partial charge in [-0.25, -0.2) is 19.6 Å². The predicted octanol–water partition coefficient (Wildman–Crippen LogP) is 4.40. The van der Waals surface area contributed by atoms with Crippen LogP contribution in [0, 0.1) is 0 Å². The molecule has 0 fully saturated rings. The second-order valence-electron chi connectivity index (χ2n) is 6.33. The Morgan fingerprint density at radius 3 is 2.21 bits per heavy atom. The highest BCUT2D eigenvalue weighted by molar-refractivity contribution is 6.02. The van der Waals surface area contributed by atoms with Gasteiger partial charge in [0, 0.05) is 5.56 Å². The Bertz CT molecular complexity index is 1210. The van der Waals surface area contributed by atoms with Crippen molar-refractivity contribution < 1.29 is 19.4 Å². The van der Waals surface area contributed by atoms with E-state index in [4.69, 9.17) is 4.74 Å². The summed E-state index contributed by atoms with van der Waals surface area (Å²) in [5.41, 5.74) is 3.19. The minimum absolute atomic E-state index is 0.0980. The van der Waals surface area contributed by atoms with E-state index in [0.717, 1.165) is 0 Å². The van der Waals surface area contributed by atoms with Crippen molar-refractivity contribution in [2.45, 2.75) is 13.0 Å². The molecular weight excluding hydrogens is 356 g/mol. The average molecular weight is 372 g/mol. The maximum absolute atomic E-state index is 12.4. The fourth-order valence-electron chi connectivity index (χ4n) is 3.11. The lowest BCUT2D eigenvalue weighted by atomic mass is 10.1. The molecule has 0 radical (unpaired) electrons. The van der Waals surface area contributed by atoms with Gasteiger partial charge in [-0.3, -0.25) is 0 Å². The fraction of sp³-hybridized carbons (Fsp3) is 0.0909. The van der Waals surface area contributed by atoms with E-state index in [9.17, 15) is 14.7 Å². The van der Waals surface area contributed by atoms with Gasteiger partial charge in [0.05, 0.1) is 27.7 Å². The van der Waals surface area contributed by atoms with Crippen LogP contribution in [-0.2, 0) is 4.74 Å². The maximum atomic E-state index is 12.4. The van der Waals surface area contributed by atoms with E-state index in [-0.39, 0.29) is 5.56 Å². The Morgan fingerprint density at radius 1 is 0.857 bits per heavy atom. The third kappa shape index (κ3) is 3.16. The van der Waals surface area contributed by atoms with Gasteiger partial charge < -0.3 is 9.84 Å². The number of carbonyl (C=O) groups excluding carboxylic acids is 1. The highest BCUT2D eigenvalue weighted by Crippen LogP contribution is 2.27. The number of para-hydroxylation sites is 2.